The van der Waals surface area contributed by atoms with E-state index in [-0.39, 0.29) is 17.9 Å². The van der Waals surface area contributed by atoms with E-state index in [4.69, 9.17) is 10.3 Å². The molecule has 1 amide bonds. The first-order valence-corrected chi connectivity index (χ1v) is 4.08. The molecule has 1 aromatic rings. The number of carbonyl (C=O) groups excluding carboxylic acids is 1. The van der Waals surface area contributed by atoms with Crippen LogP contribution >= 0.6 is 0 Å². The zero-order valence-electron chi connectivity index (χ0n) is 7.70. The Morgan fingerprint density at radius 1 is 1.67 bits per heavy atom. The predicted octanol–water partition coefficient (Wildman–Crippen LogP) is 0.665. The zero-order valence-corrected chi connectivity index (χ0v) is 7.70. The second-order valence-corrected chi connectivity index (χ2v) is 2.64. The van der Waals surface area contributed by atoms with Gasteiger partial charge >= 0.3 is 0 Å². The van der Waals surface area contributed by atoms with Gasteiger partial charge in [0.25, 0.3) is 12.3 Å². The predicted molar refractivity (Wildman–Crippen MR) is 46.0 cm³/mol. The third-order valence-corrected chi connectivity index (χ3v) is 1.60. The highest BCUT2D eigenvalue weighted by atomic mass is 19.3. The van der Waals surface area contributed by atoms with Gasteiger partial charge in [-0.2, -0.15) is 0 Å². The van der Waals surface area contributed by atoms with Crippen LogP contribution in [0.4, 0.5) is 8.78 Å². The largest absolute Gasteiger partial charge is 0.466 e. The summed E-state index contributed by atoms with van der Waals surface area (Å²) in [7, 11) is 0. The van der Waals surface area contributed by atoms with Gasteiger partial charge in [-0.3, -0.25) is 10.2 Å². The molecule has 0 saturated heterocycles. The minimum absolute atomic E-state index is 0.165. The second-order valence-electron chi connectivity index (χ2n) is 2.64. The zero-order chi connectivity index (χ0) is 11.3. The summed E-state index contributed by atoms with van der Waals surface area (Å²) in [5.74, 6) is 4.52. The van der Waals surface area contributed by atoms with Crippen LogP contribution in [0.3, 0.4) is 0 Å². The summed E-state index contributed by atoms with van der Waals surface area (Å²) in [5.41, 5.74) is 2.08. The van der Waals surface area contributed by atoms with Gasteiger partial charge in [0, 0.05) is 0 Å². The Labute approximate surface area is 84.2 Å². The number of carbonyl (C=O) groups is 1. The van der Waals surface area contributed by atoms with Gasteiger partial charge in [-0.15, -0.1) is 0 Å². The smallest absolute Gasteiger partial charge is 0.268 e. The van der Waals surface area contributed by atoms with Crippen LogP contribution in [0.15, 0.2) is 16.7 Å². The van der Waals surface area contributed by atoms with Gasteiger partial charge in [-0.05, 0) is 6.07 Å². The van der Waals surface area contributed by atoms with Crippen molar-refractivity contribution in [2.24, 2.45) is 5.84 Å². The van der Waals surface area contributed by atoms with Gasteiger partial charge in [-0.1, -0.05) is 0 Å². The number of hydrogen-bond donors (Lipinski definition) is 2. The van der Waals surface area contributed by atoms with Crippen molar-refractivity contribution in [1.29, 1.82) is 0 Å². The van der Waals surface area contributed by atoms with Crippen molar-refractivity contribution in [3.63, 3.8) is 0 Å². The lowest BCUT2D eigenvalue weighted by molar-refractivity contribution is 0.00430. The molecule has 0 bridgehead atoms. The van der Waals surface area contributed by atoms with Gasteiger partial charge in [-0.25, -0.2) is 14.6 Å². The minimum Gasteiger partial charge on any atom is -0.466 e. The molecular weight excluding hydrogens is 210 g/mol. The number of amides is 1. The topological polar surface area (TPSA) is 77.5 Å². The van der Waals surface area contributed by atoms with E-state index in [1.807, 2.05) is 5.43 Å². The molecule has 84 valence electrons. The highest BCUT2D eigenvalue weighted by Gasteiger charge is 2.14. The molecular formula is C8H10F2N2O3. The van der Waals surface area contributed by atoms with Crippen molar-refractivity contribution in [1.82, 2.24) is 5.43 Å². The fourth-order valence-corrected chi connectivity index (χ4v) is 0.973. The Kier molecular flexibility index (Phi) is 4.19. The molecule has 1 heterocycles. The first-order valence-electron chi connectivity index (χ1n) is 4.08. The Hall–Kier alpha value is -1.47. The fourth-order valence-electron chi connectivity index (χ4n) is 0.973. The Bertz CT molecular complexity index is 327. The van der Waals surface area contributed by atoms with Crippen molar-refractivity contribution >= 4 is 5.91 Å². The molecule has 3 N–H and O–H groups in total. The number of furan rings is 1. The summed E-state index contributed by atoms with van der Waals surface area (Å²) in [5, 5.41) is 0. The molecule has 0 unspecified atom stereocenters. The van der Waals surface area contributed by atoms with Gasteiger partial charge in [0.05, 0.1) is 11.8 Å². The van der Waals surface area contributed by atoms with Crippen LogP contribution in [-0.2, 0) is 11.3 Å². The molecule has 1 rings (SSSR count). The van der Waals surface area contributed by atoms with E-state index >= 15 is 0 Å². The monoisotopic (exact) mass is 220 g/mol. The summed E-state index contributed by atoms with van der Waals surface area (Å²) >= 11 is 0. The summed E-state index contributed by atoms with van der Waals surface area (Å²) in [6, 6.07) is 1.38. The average Bonchev–Trinajstić information content (AvgIpc) is 2.64. The molecule has 0 saturated carbocycles. The van der Waals surface area contributed by atoms with E-state index in [0.29, 0.717) is 0 Å². The number of halogens is 2. The number of rotatable bonds is 5. The van der Waals surface area contributed by atoms with E-state index in [2.05, 4.69) is 4.74 Å². The maximum Gasteiger partial charge on any atom is 0.268 e. The number of alkyl halides is 2. The number of hydrazine groups is 1. The number of nitrogen functional groups attached to an aromatic ring is 1. The third kappa shape index (κ3) is 3.30. The van der Waals surface area contributed by atoms with Crippen LogP contribution in [0.5, 0.6) is 0 Å². The molecule has 0 radical (unpaired) electrons. The van der Waals surface area contributed by atoms with Crippen molar-refractivity contribution in [2.45, 2.75) is 13.0 Å². The summed E-state index contributed by atoms with van der Waals surface area (Å²) in [4.78, 5) is 11.1. The molecule has 0 fully saturated rings. The van der Waals surface area contributed by atoms with Crippen LogP contribution < -0.4 is 11.3 Å². The van der Waals surface area contributed by atoms with Crippen LogP contribution in [0.2, 0.25) is 0 Å². The standard InChI is InChI=1S/C8H10F2N2O3/c9-7(10)4-14-3-6-5(1-2-15-6)8(13)12-11/h1-2,7H,3-4,11H2,(H,12,13). The number of nitrogens with two attached hydrogens (primary N) is 1. The van der Waals surface area contributed by atoms with Crippen molar-refractivity contribution in [2.75, 3.05) is 6.61 Å². The first kappa shape index (κ1) is 11.6. The lowest BCUT2D eigenvalue weighted by Gasteiger charge is -2.02. The van der Waals surface area contributed by atoms with E-state index in [9.17, 15) is 13.6 Å². The molecule has 0 atom stereocenters. The van der Waals surface area contributed by atoms with Gasteiger partial charge in [0.1, 0.15) is 19.0 Å². The quantitative estimate of drug-likeness (QED) is 0.434. The van der Waals surface area contributed by atoms with Crippen LogP contribution in [0.25, 0.3) is 0 Å². The average molecular weight is 220 g/mol. The molecule has 0 spiro atoms. The Balaban J connectivity index is 2.54. The fraction of sp³-hybridized carbons (Fsp3) is 0.375. The summed E-state index contributed by atoms with van der Waals surface area (Å²) in [6.45, 7) is -0.898. The van der Waals surface area contributed by atoms with E-state index < -0.39 is 18.9 Å². The lowest BCUT2D eigenvalue weighted by atomic mass is 10.2. The summed E-state index contributed by atoms with van der Waals surface area (Å²) < 4.78 is 33.0. The van der Waals surface area contributed by atoms with Gasteiger partial charge in [0.2, 0.25) is 0 Å². The second kappa shape index (κ2) is 5.42. The number of hydrogen-bond acceptors (Lipinski definition) is 4. The molecule has 7 heteroatoms. The first-order chi connectivity index (χ1) is 7.15. The van der Waals surface area contributed by atoms with Crippen LogP contribution in [0.1, 0.15) is 16.1 Å². The van der Waals surface area contributed by atoms with Crippen molar-refractivity contribution in [3.8, 4) is 0 Å². The molecule has 0 aliphatic rings. The highest BCUT2D eigenvalue weighted by Crippen LogP contribution is 2.11. The normalized spacial score (nSPS) is 10.7. The van der Waals surface area contributed by atoms with E-state index in [0.717, 1.165) is 0 Å². The Morgan fingerprint density at radius 2 is 2.40 bits per heavy atom. The molecule has 1 aromatic heterocycles. The van der Waals surface area contributed by atoms with Crippen LogP contribution in [0, 0.1) is 0 Å². The molecule has 5 nitrogen and oxygen atoms in total. The number of nitrogens with one attached hydrogen (secondary N) is 1. The Morgan fingerprint density at radius 3 is 3.00 bits per heavy atom. The maximum atomic E-state index is 11.7. The third-order valence-electron chi connectivity index (χ3n) is 1.60. The number of ether oxygens (including phenoxy) is 1. The summed E-state index contributed by atoms with van der Waals surface area (Å²) in [6.07, 6.45) is -1.29. The van der Waals surface area contributed by atoms with E-state index in [1.54, 1.807) is 0 Å². The van der Waals surface area contributed by atoms with Gasteiger partial charge < -0.3 is 9.15 Å². The SMILES string of the molecule is NNC(=O)c1ccoc1COCC(F)F. The molecule has 0 aliphatic heterocycles. The van der Waals surface area contributed by atoms with Crippen molar-refractivity contribution < 1.29 is 22.7 Å². The molecule has 0 aliphatic carbocycles. The molecule has 15 heavy (non-hydrogen) atoms. The van der Waals surface area contributed by atoms with Gasteiger partial charge in [0.15, 0.2) is 0 Å². The lowest BCUT2D eigenvalue weighted by Crippen LogP contribution is -2.30. The van der Waals surface area contributed by atoms with Crippen LogP contribution in [-0.4, -0.2) is 18.9 Å². The maximum absolute atomic E-state index is 11.7. The highest BCUT2D eigenvalue weighted by molar-refractivity contribution is 5.94. The molecule has 0 aromatic carbocycles. The van der Waals surface area contributed by atoms with Crippen molar-refractivity contribution in [3.05, 3.63) is 23.7 Å². The van der Waals surface area contributed by atoms with E-state index in [1.165, 1.54) is 12.3 Å². The minimum atomic E-state index is -2.55.